The van der Waals surface area contributed by atoms with Gasteiger partial charge >= 0.3 is 12.8 Å². The van der Waals surface area contributed by atoms with Gasteiger partial charge in [0.15, 0.2) is 11.5 Å². The minimum absolute atomic E-state index is 0.114. The van der Waals surface area contributed by atoms with Crippen LogP contribution in [0.5, 0.6) is 11.5 Å². The summed E-state index contributed by atoms with van der Waals surface area (Å²) in [6.45, 7) is -4.58. The van der Waals surface area contributed by atoms with E-state index in [4.69, 9.17) is 4.74 Å². The Balaban J connectivity index is 1.86. The predicted octanol–water partition coefficient (Wildman–Crippen LogP) is 2.37. The van der Waals surface area contributed by atoms with E-state index in [9.17, 15) is 31.5 Å². The number of benzene rings is 1. The van der Waals surface area contributed by atoms with Crippen molar-refractivity contribution in [3.8, 4) is 11.5 Å². The minimum atomic E-state index is -4.52. The van der Waals surface area contributed by atoms with E-state index < -0.39 is 37.1 Å². The second kappa shape index (κ2) is 9.07. The molecule has 1 heterocycles. The highest BCUT2D eigenvalue weighted by atomic mass is 19.4. The number of amides is 2. The first-order valence-corrected chi connectivity index (χ1v) is 8.33. The minimum Gasteiger partial charge on any atom is -0.493 e. The molecule has 0 aromatic heterocycles. The van der Waals surface area contributed by atoms with E-state index in [1.54, 1.807) is 6.07 Å². The summed E-state index contributed by atoms with van der Waals surface area (Å²) in [5, 5.41) is 2.55. The highest BCUT2D eigenvalue weighted by Crippen LogP contribution is 2.29. The Kier molecular flexibility index (Phi) is 7.03. The van der Waals surface area contributed by atoms with Crippen LogP contribution in [0.3, 0.4) is 0 Å². The number of carbonyl (C=O) groups is 2. The second-order valence-corrected chi connectivity index (χ2v) is 6.20. The smallest absolute Gasteiger partial charge is 0.406 e. The Bertz CT molecular complexity index is 711. The molecule has 0 bridgehead atoms. The number of rotatable bonds is 8. The molecular formula is C17H19F5N2O4. The van der Waals surface area contributed by atoms with Crippen molar-refractivity contribution in [3.63, 3.8) is 0 Å². The van der Waals surface area contributed by atoms with Gasteiger partial charge in [-0.25, -0.2) is 0 Å². The number of hydrogen-bond donors (Lipinski definition) is 1. The molecule has 2 rings (SSSR count). The molecule has 1 aliphatic rings. The number of nitrogens with zero attached hydrogens (tertiary/aromatic N) is 1. The van der Waals surface area contributed by atoms with Crippen molar-refractivity contribution in [1.82, 2.24) is 10.2 Å². The first-order valence-electron chi connectivity index (χ1n) is 8.33. The predicted molar refractivity (Wildman–Crippen MR) is 87.1 cm³/mol. The largest absolute Gasteiger partial charge is 0.493 e. The van der Waals surface area contributed by atoms with E-state index in [1.165, 1.54) is 19.2 Å². The molecule has 0 saturated carbocycles. The number of hydrogen-bond acceptors (Lipinski definition) is 4. The van der Waals surface area contributed by atoms with E-state index in [0.29, 0.717) is 10.5 Å². The molecule has 6 nitrogen and oxygen atoms in total. The molecule has 1 N–H and O–H groups in total. The second-order valence-electron chi connectivity index (χ2n) is 6.20. The van der Waals surface area contributed by atoms with Crippen molar-refractivity contribution in [2.24, 2.45) is 5.92 Å². The van der Waals surface area contributed by atoms with Crippen LogP contribution in [0.25, 0.3) is 0 Å². The maximum absolute atomic E-state index is 12.4. The van der Waals surface area contributed by atoms with Crippen LogP contribution in [0.2, 0.25) is 0 Å². The van der Waals surface area contributed by atoms with E-state index >= 15 is 0 Å². The lowest BCUT2D eigenvalue weighted by atomic mass is 10.1. The monoisotopic (exact) mass is 410 g/mol. The molecule has 1 saturated heterocycles. The zero-order valence-electron chi connectivity index (χ0n) is 14.9. The third kappa shape index (κ3) is 6.24. The van der Waals surface area contributed by atoms with Crippen molar-refractivity contribution < 1.29 is 41.0 Å². The quantitative estimate of drug-likeness (QED) is 0.669. The molecule has 1 aromatic rings. The highest BCUT2D eigenvalue weighted by molar-refractivity contribution is 5.89. The summed E-state index contributed by atoms with van der Waals surface area (Å²) in [4.78, 5) is 24.3. The van der Waals surface area contributed by atoms with Gasteiger partial charge in [-0.1, -0.05) is 6.07 Å². The first kappa shape index (κ1) is 21.7. The van der Waals surface area contributed by atoms with E-state index in [-0.39, 0.29) is 37.4 Å². The van der Waals surface area contributed by atoms with Crippen LogP contribution in [0.15, 0.2) is 18.2 Å². The Hall–Kier alpha value is -2.59. The lowest BCUT2D eigenvalue weighted by Crippen LogP contribution is -2.37. The highest BCUT2D eigenvalue weighted by Gasteiger charge is 2.40. The summed E-state index contributed by atoms with van der Waals surface area (Å²) in [6.07, 6.45) is -4.54. The van der Waals surface area contributed by atoms with Crippen LogP contribution in [0, 0.1) is 5.92 Å². The summed E-state index contributed by atoms with van der Waals surface area (Å²) in [5.41, 5.74) is 0.581. The third-order valence-corrected chi connectivity index (χ3v) is 4.11. The lowest BCUT2D eigenvalue weighted by Gasteiger charge is -2.18. The Morgan fingerprint density at radius 3 is 2.64 bits per heavy atom. The van der Waals surface area contributed by atoms with Gasteiger partial charge in [0, 0.05) is 19.5 Å². The van der Waals surface area contributed by atoms with E-state index in [0.717, 1.165) is 0 Å². The fourth-order valence-corrected chi connectivity index (χ4v) is 2.86. The van der Waals surface area contributed by atoms with Crippen molar-refractivity contribution in [1.29, 1.82) is 0 Å². The molecule has 1 aliphatic heterocycles. The van der Waals surface area contributed by atoms with Crippen LogP contribution in [0.4, 0.5) is 22.0 Å². The summed E-state index contributed by atoms with van der Waals surface area (Å²) in [7, 11) is 1.30. The number of likely N-dealkylation sites (tertiary alicyclic amines) is 1. The number of halogens is 5. The van der Waals surface area contributed by atoms with Crippen molar-refractivity contribution >= 4 is 11.8 Å². The standard InChI is InChI=1S/C17H19F5N2O4/c1-27-12-3-2-10(6-13(12)28-16(18)19)4-5-23-15(26)11-7-14(25)24(8-11)9-17(20,21)22/h2-3,6,11,16H,4-5,7-9H2,1H3,(H,23,26). The average molecular weight is 410 g/mol. The topological polar surface area (TPSA) is 67.9 Å². The molecule has 1 aromatic carbocycles. The zero-order valence-corrected chi connectivity index (χ0v) is 14.9. The molecule has 2 amide bonds. The van der Waals surface area contributed by atoms with E-state index in [1.807, 2.05) is 0 Å². The van der Waals surface area contributed by atoms with Gasteiger partial charge in [-0.15, -0.1) is 0 Å². The van der Waals surface area contributed by atoms with E-state index in [2.05, 4.69) is 10.1 Å². The number of ether oxygens (including phenoxy) is 2. The maximum Gasteiger partial charge on any atom is 0.406 e. The summed E-state index contributed by atoms with van der Waals surface area (Å²) < 4.78 is 71.4. The van der Waals surface area contributed by atoms with Crippen molar-refractivity contribution in [2.75, 3.05) is 26.7 Å². The summed E-state index contributed by atoms with van der Waals surface area (Å²) >= 11 is 0. The van der Waals surface area contributed by atoms with Crippen LogP contribution in [-0.4, -0.2) is 56.2 Å². The normalized spacial score (nSPS) is 17.2. The fourth-order valence-electron chi connectivity index (χ4n) is 2.86. The molecule has 1 fully saturated rings. The van der Waals surface area contributed by atoms with Gasteiger partial charge in [0.2, 0.25) is 11.8 Å². The Morgan fingerprint density at radius 1 is 1.32 bits per heavy atom. The number of nitrogens with one attached hydrogen (secondary N) is 1. The molecule has 1 unspecified atom stereocenters. The molecular weight excluding hydrogens is 391 g/mol. The van der Waals surface area contributed by atoms with Crippen molar-refractivity contribution in [2.45, 2.75) is 25.6 Å². The number of alkyl halides is 5. The van der Waals surface area contributed by atoms with Crippen LogP contribution in [0.1, 0.15) is 12.0 Å². The lowest BCUT2D eigenvalue weighted by molar-refractivity contribution is -0.157. The third-order valence-electron chi connectivity index (χ3n) is 4.11. The van der Waals surface area contributed by atoms with Crippen LogP contribution in [-0.2, 0) is 16.0 Å². The molecule has 28 heavy (non-hydrogen) atoms. The molecule has 11 heteroatoms. The summed E-state index contributed by atoms with van der Waals surface area (Å²) in [6, 6.07) is 4.40. The molecule has 1 atom stereocenters. The van der Waals surface area contributed by atoms with Gasteiger partial charge in [-0.05, 0) is 24.1 Å². The maximum atomic E-state index is 12.4. The van der Waals surface area contributed by atoms with Gasteiger partial charge in [0.1, 0.15) is 6.54 Å². The van der Waals surface area contributed by atoms with Gasteiger partial charge < -0.3 is 19.7 Å². The van der Waals surface area contributed by atoms with Gasteiger partial charge in [0.05, 0.1) is 13.0 Å². The van der Waals surface area contributed by atoms with Gasteiger partial charge in [0.25, 0.3) is 0 Å². The number of carbonyl (C=O) groups excluding carboxylic acids is 2. The molecule has 156 valence electrons. The number of methoxy groups -OCH3 is 1. The molecule has 0 spiro atoms. The van der Waals surface area contributed by atoms with Gasteiger partial charge in [-0.3, -0.25) is 9.59 Å². The Morgan fingerprint density at radius 2 is 2.04 bits per heavy atom. The first-order chi connectivity index (χ1) is 13.1. The summed E-state index contributed by atoms with van der Waals surface area (Å²) in [5.74, 6) is -2.13. The average Bonchev–Trinajstić information content (AvgIpc) is 2.93. The SMILES string of the molecule is COc1ccc(CCNC(=O)C2CC(=O)N(CC(F)(F)F)C2)cc1OC(F)F. The zero-order chi connectivity index (χ0) is 20.9. The van der Waals surface area contributed by atoms with Crippen LogP contribution < -0.4 is 14.8 Å². The van der Waals surface area contributed by atoms with Crippen molar-refractivity contribution in [3.05, 3.63) is 23.8 Å². The van der Waals surface area contributed by atoms with Gasteiger partial charge in [-0.2, -0.15) is 22.0 Å². The fraction of sp³-hybridized carbons (Fsp3) is 0.529. The molecule has 0 aliphatic carbocycles. The Labute approximate surface area is 157 Å². The molecule has 0 radical (unpaired) electrons. The van der Waals surface area contributed by atoms with Crippen LogP contribution >= 0.6 is 0 Å².